The van der Waals surface area contributed by atoms with Crippen molar-refractivity contribution < 1.29 is 18.9 Å². The highest BCUT2D eigenvalue weighted by atomic mass is 32.2. The molecule has 3 aromatic rings. The average Bonchev–Trinajstić information content (AvgIpc) is 3.19. The molecule has 3 rings (SSSR count). The first-order valence-electron chi connectivity index (χ1n) is 9.13. The molecule has 0 unspecified atom stereocenters. The van der Waals surface area contributed by atoms with Crippen LogP contribution in [0.2, 0.25) is 0 Å². The Balaban J connectivity index is 1.48. The Bertz CT molecular complexity index is 1020. The Hall–Kier alpha value is -3.40. The van der Waals surface area contributed by atoms with Gasteiger partial charge >= 0.3 is 0 Å². The minimum absolute atomic E-state index is 0.0365. The molecule has 1 heterocycles. The van der Waals surface area contributed by atoms with Gasteiger partial charge in [-0.2, -0.15) is 0 Å². The molecule has 1 N–H and O–H groups in total. The van der Waals surface area contributed by atoms with E-state index in [0.29, 0.717) is 11.7 Å². The van der Waals surface area contributed by atoms with Crippen LogP contribution < -0.4 is 10.1 Å². The summed E-state index contributed by atoms with van der Waals surface area (Å²) in [5.41, 5.74) is 1.18. The molecule has 0 bridgehead atoms. The number of thioether (sulfide) groups is 1. The number of nitrogens with zero attached hydrogens (tertiary/aromatic N) is 3. The van der Waals surface area contributed by atoms with Crippen LogP contribution in [-0.4, -0.2) is 26.8 Å². The number of para-hydroxylation sites is 2. The fraction of sp³-hybridized carbons (Fsp3) is 0.250. The Morgan fingerprint density at radius 2 is 1.93 bits per heavy atom. The lowest BCUT2D eigenvalue weighted by Crippen LogP contribution is -2.15. The summed E-state index contributed by atoms with van der Waals surface area (Å²) >= 11 is 1.03. The Labute approximate surface area is 177 Å². The lowest BCUT2D eigenvalue weighted by Gasteiger charge is -2.07. The van der Waals surface area contributed by atoms with E-state index in [2.05, 4.69) is 29.4 Å². The minimum Gasteiger partial charge on any atom is -0.484 e. The third-order valence-electron chi connectivity index (χ3n) is 4.06. The standard InChI is InChI=1S/C20H20N4O5S/c1-13(2)14-7-9-15(10-8-14)28-11-19-22-23-20(29-19)30-12-18(25)21-16-5-3-4-6-17(16)24(26)27/h3-10,13H,11-12H2,1-2H3,(H,21,25). The van der Waals surface area contributed by atoms with Gasteiger partial charge in [0.05, 0.1) is 10.7 Å². The summed E-state index contributed by atoms with van der Waals surface area (Å²) in [4.78, 5) is 22.5. The van der Waals surface area contributed by atoms with Gasteiger partial charge in [0.25, 0.3) is 16.8 Å². The maximum atomic E-state index is 12.1. The maximum Gasteiger partial charge on any atom is 0.292 e. The molecular weight excluding hydrogens is 408 g/mol. The SMILES string of the molecule is CC(C)c1ccc(OCc2nnc(SCC(=O)Nc3ccccc3[N+](=O)[O-])o2)cc1. The number of amides is 1. The molecule has 0 spiro atoms. The van der Waals surface area contributed by atoms with Crippen LogP contribution >= 0.6 is 11.8 Å². The summed E-state index contributed by atoms with van der Waals surface area (Å²) < 4.78 is 11.1. The normalized spacial score (nSPS) is 10.8. The molecule has 0 atom stereocenters. The van der Waals surface area contributed by atoms with Gasteiger partial charge in [-0.25, -0.2) is 0 Å². The van der Waals surface area contributed by atoms with Crippen molar-refractivity contribution in [2.75, 3.05) is 11.1 Å². The molecule has 156 valence electrons. The number of nitro groups is 1. The van der Waals surface area contributed by atoms with Crippen LogP contribution in [-0.2, 0) is 11.4 Å². The summed E-state index contributed by atoms with van der Waals surface area (Å²) in [5.74, 6) is 0.959. The van der Waals surface area contributed by atoms with Crippen LogP contribution in [0.1, 0.15) is 31.2 Å². The van der Waals surface area contributed by atoms with E-state index in [1.54, 1.807) is 6.07 Å². The summed E-state index contributed by atoms with van der Waals surface area (Å²) in [6.07, 6.45) is 0. The second-order valence-corrected chi connectivity index (χ2v) is 7.51. The van der Waals surface area contributed by atoms with Gasteiger partial charge in [0.2, 0.25) is 5.91 Å². The van der Waals surface area contributed by atoms with Gasteiger partial charge in [-0.05, 0) is 29.7 Å². The molecule has 9 nitrogen and oxygen atoms in total. The molecule has 30 heavy (non-hydrogen) atoms. The molecule has 0 saturated carbocycles. The summed E-state index contributed by atoms with van der Waals surface area (Å²) in [6, 6.07) is 13.7. The Kier molecular flexibility index (Phi) is 7.02. The number of rotatable bonds is 9. The number of nitro benzene ring substituents is 1. The smallest absolute Gasteiger partial charge is 0.292 e. The van der Waals surface area contributed by atoms with Gasteiger partial charge < -0.3 is 14.5 Å². The van der Waals surface area contributed by atoms with Crippen LogP contribution in [0.3, 0.4) is 0 Å². The van der Waals surface area contributed by atoms with E-state index in [-0.39, 0.29) is 34.8 Å². The van der Waals surface area contributed by atoms with E-state index in [0.717, 1.165) is 11.8 Å². The van der Waals surface area contributed by atoms with Crippen LogP contribution in [0.5, 0.6) is 5.75 Å². The zero-order valence-electron chi connectivity index (χ0n) is 16.4. The molecule has 1 amide bonds. The van der Waals surface area contributed by atoms with Crippen molar-refractivity contribution in [2.24, 2.45) is 0 Å². The number of ether oxygens (including phenoxy) is 1. The van der Waals surface area contributed by atoms with E-state index >= 15 is 0 Å². The van der Waals surface area contributed by atoms with E-state index in [1.807, 2.05) is 24.3 Å². The minimum atomic E-state index is -0.552. The lowest BCUT2D eigenvalue weighted by molar-refractivity contribution is -0.383. The highest BCUT2D eigenvalue weighted by Gasteiger charge is 2.16. The number of hydrogen-bond acceptors (Lipinski definition) is 8. The number of aromatic nitrogens is 2. The largest absolute Gasteiger partial charge is 0.484 e. The van der Waals surface area contributed by atoms with Crippen molar-refractivity contribution >= 4 is 29.0 Å². The zero-order chi connectivity index (χ0) is 21.5. The van der Waals surface area contributed by atoms with Crippen LogP contribution in [0, 0.1) is 10.1 Å². The highest BCUT2D eigenvalue weighted by molar-refractivity contribution is 7.99. The number of nitrogens with one attached hydrogen (secondary N) is 1. The van der Waals surface area contributed by atoms with Gasteiger partial charge in [0.15, 0.2) is 6.61 Å². The predicted molar refractivity (Wildman–Crippen MR) is 112 cm³/mol. The van der Waals surface area contributed by atoms with Crippen molar-refractivity contribution in [1.82, 2.24) is 10.2 Å². The second-order valence-electron chi connectivity index (χ2n) is 6.59. The Morgan fingerprint density at radius 1 is 1.20 bits per heavy atom. The first kappa shape index (κ1) is 21.3. The lowest BCUT2D eigenvalue weighted by atomic mass is 10.0. The molecule has 0 aliphatic rings. The fourth-order valence-electron chi connectivity index (χ4n) is 2.50. The topological polar surface area (TPSA) is 120 Å². The van der Waals surface area contributed by atoms with Crippen LogP contribution in [0.15, 0.2) is 58.2 Å². The third-order valence-corrected chi connectivity index (χ3v) is 4.88. The second kappa shape index (κ2) is 9.88. The number of benzene rings is 2. The first-order valence-corrected chi connectivity index (χ1v) is 10.1. The molecule has 0 radical (unpaired) electrons. The zero-order valence-corrected chi connectivity index (χ0v) is 17.2. The van der Waals surface area contributed by atoms with Gasteiger partial charge in [0.1, 0.15) is 11.4 Å². The van der Waals surface area contributed by atoms with Gasteiger partial charge in [-0.3, -0.25) is 14.9 Å². The molecule has 1 aromatic heterocycles. The van der Waals surface area contributed by atoms with Crippen molar-refractivity contribution in [3.05, 3.63) is 70.1 Å². The van der Waals surface area contributed by atoms with E-state index in [4.69, 9.17) is 9.15 Å². The molecule has 0 aliphatic carbocycles. The van der Waals surface area contributed by atoms with Crippen molar-refractivity contribution in [3.63, 3.8) is 0 Å². The summed E-state index contributed by atoms with van der Waals surface area (Å²) in [6.45, 7) is 4.35. The molecule has 0 aliphatic heterocycles. The summed E-state index contributed by atoms with van der Waals surface area (Å²) in [5, 5.41) is 21.5. The van der Waals surface area contributed by atoms with Crippen LogP contribution in [0.4, 0.5) is 11.4 Å². The third kappa shape index (κ3) is 5.80. The van der Waals surface area contributed by atoms with E-state index in [1.165, 1.54) is 23.8 Å². The quantitative estimate of drug-likeness (QED) is 0.302. The average molecular weight is 428 g/mol. The van der Waals surface area contributed by atoms with Gasteiger partial charge in [0, 0.05) is 6.07 Å². The van der Waals surface area contributed by atoms with Crippen molar-refractivity contribution in [1.29, 1.82) is 0 Å². The molecule has 0 fully saturated rings. The van der Waals surface area contributed by atoms with E-state index < -0.39 is 10.8 Å². The van der Waals surface area contributed by atoms with Gasteiger partial charge in [-0.15, -0.1) is 10.2 Å². The molecule has 10 heteroatoms. The molecule has 2 aromatic carbocycles. The van der Waals surface area contributed by atoms with Crippen molar-refractivity contribution in [3.8, 4) is 5.75 Å². The highest BCUT2D eigenvalue weighted by Crippen LogP contribution is 2.24. The first-order chi connectivity index (χ1) is 14.4. The van der Waals surface area contributed by atoms with E-state index in [9.17, 15) is 14.9 Å². The number of carbonyl (C=O) groups excluding carboxylic acids is 1. The number of carbonyl (C=O) groups is 1. The van der Waals surface area contributed by atoms with Gasteiger partial charge in [-0.1, -0.05) is 49.9 Å². The monoisotopic (exact) mass is 428 g/mol. The molecule has 0 saturated heterocycles. The number of anilines is 1. The predicted octanol–water partition coefficient (Wildman–Crippen LogP) is 4.41. The Morgan fingerprint density at radius 3 is 2.63 bits per heavy atom. The fourth-order valence-corrected chi connectivity index (χ4v) is 3.08. The van der Waals surface area contributed by atoms with Crippen molar-refractivity contribution in [2.45, 2.75) is 31.6 Å². The summed E-state index contributed by atoms with van der Waals surface area (Å²) in [7, 11) is 0. The maximum absolute atomic E-state index is 12.1. The molecular formula is C20H20N4O5S. The van der Waals surface area contributed by atoms with Crippen LogP contribution in [0.25, 0.3) is 0 Å². The number of hydrogen-bond donors (Lipinski definition) is 1.